The number of benzene rings is 3. The van der Waals surface area contributed by atoms with E-state index in [9.17, 15) is 0 Å². The van der Waals surface area contributed by atoms with Crippen molar-refractivity contribution < 1.29 is 14.2 Å². The van der Waals surface area contributed by atoms with Gasteiger partial charge in [0.1, 0.15) is 22.8 Å². The molecule has 0 bridgehead atoms. The Labute approximate surface area is 178 Å². The molecule has 152 valence electrons. The highest BCUT2D eigenvalue weighted by molar-refractivity contribution is 6.20. The van der Waals surface area contributed by atoms with Crippen LogP contribution in [0.5, 0.6) is 17.2 Å². The maximum atomic E-state index is 6.64. The third kappa shape index (κ3) is 5.75. The monoisotopic (exact) mass is 410 g/mol. The summed E-state index contributed by atoms with van der Waals surface area (Å²) in [4.78, 5) is 0. The van der Waals surface area contributed by atoms with E-state index in [-0.39, 0.29) is 5.41 Å². The second-order valence-corrected chi connectivity index (χ2v) is 7.77. The molecule has 0 aliphatic rings. The molecule has 1 unspecified atom stereocenters. The van der Waals surface area contributed by atoms with E-state index >= 15 is 0 Å². The van der Waals surface area contributed by atoms with Crippen molar-refractivity contribution in [3.8, 4) is 17.2 Å². The molecular weight excluding hydrogens is 384 g/mol. The average Bonchev–Trinajstić information content (AvgIpc) is 2.73. The number of rotatable bonds is 9. The van der Waals surface area contributed by atoms with E-state index in [1.165, 1.54) is 0 Å². The van der Waals surface area contributed by atoms with E-state index in [4.69, 9.17) is 25.8 Å². The van der Waals surface area contributed by atoms with Crippen LogP contribution in [0.3, 0.4) is 0 Å². The highest BCUT2D eigenvalue weighted by atomic mass is 35.5. The van der Waals surface area contributed by atoms with Crippen molar-refractivity contribution in [3.05, 3.63) is 90.0 Å². The quantitative estimate of drug-likeness (QED) is 0.357. The van der Waals surface area contributed by atoms with Crippen molar-refractivity contribution in [1.29, 1.82) is 0 Å². The summed E-state index contributed by atoms with van der Waals surface area (Å²) in [5, 5.41) is 0. The Kier molecular flexibility index (Phi) is 7.18. The van der Waals surface area contributed by atoms with Gasteiger partial charge < -0.3 is 14.2 Å². The molecule has 0 aliphatic carbocycles. The minimum atomic E-state index is -0.487. The number of hydrogen-bond acceptors (Lipinski definition) is 3. The lowest BCUT2D eigenvalue weighted by atomic mass is 9.85. The Hall–Kier alpha value is -2.49. The Morgan fingerprint density at radius 3 is 2.21 bits per heavy atom. The minimum Gasteiger partial charge on any atom is -0.494 e. The Morgan fingerprint density at radius 2 is 1.52 bits per heavy atom. The van der Waals surface area contributed by atoms with E-state index in [1.54, 1.807) is 0 Å². The van der Waals surface area contributed by atoms with Crippen LogP contribution in [0.4, 0.5) is 0 Å². The zero-order chi connectivity index (χ0) is 20.7. The number of alkyl halides is 1. The normalized spacial score (nSPS) is 12.4. The second kappa shape index (κ2) is 9.82. The number of hydrogen-bond donors (Lipinski definition) is 0. The second-order valence-electron chi connectivity index (χ2n) is 7.37. The molecule has 29 heavy (non-hydrogen) atoms. The van der Waals surface area contributed by atoms with Gasteiger partial charge >= 0.3 is 0 Å². The fourth-order valence-corrected chi connectivity index (χ4v) is 3.17. The lowest BCUT2D eigenvalue weighted by Crippen LogP contribution is -2.31. The van der Waals surface area contributed by atoms with Crippen molar-refractivity contribution >= 4 is 11.6 Å². The van der Waals surface area contributed by atoms with Gasteiger partial charge in [-0.15, -0.1) is 0 Å². The van der Waals surface area contributed by atoms with Gasteiger partial charge in [-0.25, -0.2) is 0 Å². The first-order valence-electron chi connectivity index (χ1n) is 9.80. The van der Waals surface area contributed by atoms with E-state index < -0.39 is 5.56 Å². The van der Waals surface area contributed by atoms with Gasteiger partial charge in [-0.2, -0.15) is 0 Å². The number of para-hydroxylation sites is 1. The maximum Gasteiger partial charge on any atom is 0.140 e. The van der Waals surface area contributed by atoms with E-state index in [1.807, 2.05) is 85.8 Å². The first-order chi connectivity index (χ1) is 14.0. The molecule has 0 saturated heterocycles. The molecule has 0 saturated carbocycles. The first-order valence-corrected chi connectivity index (χ1v) is 10.2. The predicted molar refractivity (Wildman–Crippen MR) is 118 cm³/mol. The molecule has 1 atom stereocenters. The Balaban J connectivity index is 1.62. The predicted octanol–water partition coefficient (Wildman–Crippen LogP) is 6.94. The van der Waals surface area contributed by atoms with E-state index in [0.29, 0.717) is 13.2 Å². The van der Waals surface area contributed by atoms with Crippen LogP contribution in [0.25, 0.3) is 0 Å². The van der Waals surface area contributed by atoms with E-state index in [0.717, 1.165) is 28.4 Å². The summed E-state index contributed by atoms with van der Waals surface area (Å²) in [7, 11) is 0. The van der Waals surface area contributed by atoms with Gasteiger partial charge in [-0.3, -0.25) is 0 Å². The molecule has 0 aromatic heterocycles. The molecule has 0 aliphatic heterocycles. The molecule has 4 heteroatoms. The minimum absolute atomic E-state index is 0.357. The van der Waals surface area contributed by atoms with Crippen LogP contribution in [-0.4, -0.2) is 12.2 Å². The van der Waals surface area contributed by atoms with Gasteiger partial charge in [0.05, 0.1) is 13.2 Å². The summed E-state index contributed by atoms with van der Waals surface area (Å²) in [6.07, 6.45) is 0. The molecule has 3 aromatic rings. The van der Waals surface area contributed by atoms with Crippen molar-refractivity contribution in [3.63, 3.8) is 0 Å². The molecule has 0 fully saturated rings. The van der Waals surface area contributed by atoms with Gasteiger partial charge in [0, 0.05) is 5.41 Å². The van der Waals surface area contributed by atoms with Crippen LogP contribution in [-0.2, 0) is 16.8 Å². The summed E-state index contributed by atoms with van der Waals surface area (Å²) in [6.45, 7) is 7.18. The zero-order valence-electron chi connectivity index (χ0n) is 17.1. The van der Waals surface area contributed by atoms with Crippen molar-refractivity contribution in [2.24, 2.45) is 0 Å². The highest BCUT2D eigenvalue weighted by Crippen LogP contribution is 2.33. The van der Waals surface area contributed by atoms with Gasteiger partial charge in [-0.1, -0.05) is 67.9 Å². The van der Waals surface area contributed by atoms with Crippen LogP contribution in [0.1, 0.15) is 31.9 Å². The molecule has 0 spiro atoms. The third-order valence-corrected chi connectivity index (χ3v) is 5.42. The molecule has 0 heterocycles. The average molecular weight is 411 g/mol. The van der Waals surface area contributed by atoms with Crippen LogP contribution in [0.15, 0.2) is 78.9 Å². The summed E-state index contributed by atoms with van der Waals surface area (Å²) >= 11 is 6.64. The van der Waals surface area contributed by atoms with E-state index in [2.05, 4.69) is 13.8 Å². The number of ether oxygens (including phenoxy) is 3. The SMILES string of the molecule is CCOc1ccc(C(C)(C)C(Cl)OCc2cccc(Oc3ccccc3)c2)cc1. The van der Waals surface area contributed by atoms with Crippen molar-refractivity contribution in [2.45, 2.75) is 38.4 Å². The largest absolute Gasteiger partial charge is 0.494 e. The smallest absolute Gasteiger partial charge is 0.140 e. The van der Waals surface area contributed by atoms with Gasteiger partial charge in [0.15, 0.2) is 0 Å². The number of halogens is 1. The molecule has 0 amide bonds. The molecule has 3 nitrogen and oxygen atoms in total. The molecule has 3 rings (SSSR count). The fraction of sp³-hybridized carbons (Fsp3) is 0.280. The first kappa shape index (κ1) is 21.2. The highest BCUT2D eigenvalue weighted by Gasteiger charge is 2.30. The van der Waals surface area contributed by atoms with Crippen LogP contribution < -0.4 is 9.47 Å². The lowest BCUT2D eigenvalue weighted by Gasteiger charge is -2.30. The summed E-state index contributed by atoms with van der Waals surface area (Å²) in [5.74, 6) is 2.43. The molecule has 3 aromatic carbocycles. The molecule has 0 N–H and O–H groups in total. The van der Waals surface area contributed by atoms with Crippen molar-refractivity contribution in [1.82, 2.24) is 0 Å². The maximum absolute atomic E-state index is 6.64. The molecular formula is C25H27ClO3. The topological polar surface area (TPSA) is 27.7 Å². The van der Waals surface area contributed by atoms with Gasteiger partial charge in [0.2, 0.25) is 0 Å². The standard InChI is InChI=1S/C25H27ClO3/c1-4-27-21-15-13-20(14-16-21)25(2,3)24(26)28-18-19-9-8-12-23(17-19)29-22-10-6-5-7-11-22/h5-17,24H,4,18H2,1-3H3. The van der Waals surface area contributed by atoms with Gasteiger partial charge in [0.25, 0.3) is 0 Å². The van der Waals surface area contributed by atoms with Crippen LogP contribution >= 0.6 is 11.6 Å². The summed E-state index contributed by atoms with van der Waals surface area (Å²) in [5.41, 5.74) is 1.26. The van der Waals surface area contributed by atoms with Gasteiger partial charge in [-0.05, 0) is 54.4 Å². The third-order valence-electron chi connectivity index (χ3n) is 4.75. The zero-order valence-corrected chi connectivity index (χ0v) is 17.9. The van der Waals surface area contributed by atoms with Crippen molar-refractivity contribution in [2.75, 3.05) is 6.61 Å². The fourth-order valence-electron chi connectivity index (χ4n) is 2.98. The summed E-state index contributed by atoms with van der Waals surface area (Å²) < 4.78 is 17.4. The Bertz CT molecular complexity index is 891. The molecule has 0 radical (unpaired) electrons. The Morgan fingerprint density at radius 1 is 0.828 bits per heavy atom. The van der Waals surface area contributed by atoms with Crippen LogP contribution in [0.2, 0.25) is 0 Å². The van der Waals surface area contributed by atoms with Crippen LogP contribution in [0, 0.1) is 0 Å². The lowest BCUT2D eigenvalue weighted by molar-refractivity contribution is 0.0507. The summed E-state index contributed by atoms with van der Waals surface area (Å²) in [6, 6.07) is 25.6.